The first-order valence-corrected chi connectivity index (χ1v) is 8.84. The summed E-state index contributed by atoms with van der Waals surface area (Å²) in [6.07, 6.45) is 18.7. The van der Waals surface area contributed by atoms with Crippen LogP contribution in [-0.2, 0) is 0 Å². The monoisotopic (exact) mass is 288 g/mol. The quantitative estimate of drug-likeness (QED) is 0.591. The molecule has 0 heterocycles. The minimum Gasteiger partial charge on any atom is -0.150 e. The third-order valence-corrected chi connectivity index (χ3v) is 5.76. The lowest BCUT2D eigenvalue weighted by Crippen LogP contribution is -2.35. The maximum absolute atomic E-state index is 2.40. The van der Waals surface area contributed by atoms with Crippen molar-refractivity contribution in [2.24, 2.45) is 5.41 Å². The molecule has 0 N–H and O–H groups in total. The molecule has 0 aromatic carbocycles. The van der Waals surface area contributed by atoms with Crippen molar-refractivity contribution in [2.75, 3.05) is 5.75 Å². The van der Waals surface area contributed by atoms with Crippen molar-refractivity contribution in [3.8, 4) is 0 Å². The largest absolute Gasteiger partial charge is 0.150 e. The summed E-state index contributed by atoms with van der Waals surface area (Å²) in [4.78, 5) is 0. The van der Waals surface area contributed by atoms with Crippen LogP contribution in [0.4, 0.5) is 0 Å². The van der Waals surface area contributed by atoms with Gasteiger partial charge < -0.3 is 0 Å². The van der Waals surface area contributed by atoms with E-state index in [1.54, 1.807) is 5.57 Å². The smallest absolute Gasteiger partial charge is 0.0450 e. The minimum atomic E-state index is 0.244. The van der Waals surface area contributed by atoms with E-state index in [1.165, 1.54) is 30.6 Å². The molecule has 20 heavy (non-hydrogen) atoms. The highest BCUT2D eigenvalue weighted by Crippen LogP contribution is 2.50. The molecule has 0 saturated heterocycles. The van der Waals surface area contributed by atoms with Crippen LogP contribution in [0, 0.1) is 5.41 Å². The van der Waals surface area contributed by atoms with E-state index in [9.17, 15) is 0 Å². The number of rotatable bonds is 5. The van der Waals surface area contributed by atoms with Gasteiger partial charge in [-0.1, -0.05) is 69.7 Å². The summed E-state index contributed by atoms with van der Waals surface area (Å²) in [6, 6.07) is 0. The van der Waals surface area contributed by atoms with E-state index < -0.39 is 0 Å². The number of hydrogen-bond donors (Lipinski definition) is 0. The molecule has 1 heteroatoms. The third-order valence-electron chi connectivity index (χ3n) is 4.07. The first-order valence-electron chi connectivity index (χ1n) is 7.85. The van der Waals surface area contributed by atoms with Gasteiger partial charge in [0, 0.05) is 4.75 Å². The fourth-order valence-corrected chi connectivity index (χ4v) is 4.85. The van der Waals surface area contributed by atoms with Crippen LogP contribution in [0.25, 0.3) is 0 Å². The molecule has 0 aliphatic heterocycles. The first-order chi connectivity index (χ1) is 9.48. The number of allylic oxidation sites excluding steroid dienone is 7. The predicted molar refractivity (Wildman–Crippen MR) is 93.2 cm³/mol. The van der Waals surface area contributed by atoms with Gasteiger partial charge in [-0.2, -0.15) is 11.8 Å². The normalized spacial score (nSPS) is 25.8. The van der Waals surface area contributed by atoms with Crippen LogP contribution < -0.4 is 0 Å². The Balaban J connectivity index is 2.31. The van der Waals surface area contributed by atoms with Gasteiger partial charge in [0.2, 0.25) is 0 Å². The summed E-state index contributed by atoms with van der Waals surface area (Å²) in [5.74, 6) is 1.25. The average molecular weight is 288 g/mol. The van der Waals surface area contributed by atoms with Crippen molar-refractivity contribution >= 4 is 11.8 Å². The molecule has 0 aromatic heterocycles. The van der Waals surface area contributed by atoms with Crippen LogP contribution >= 0.6 is 11.8 Å². The van der Waals surface area contributed by atoms with Gasteiger partial charge in [0.1, 0.15) is 0 Å². The van der Waals surface area contributed by atoms with E-state index in [0.717, 1.165) is 6.42 Å². The molecule has 2 aliphatic rings. The van der Waals surface area contributed by atoms with Crippen molar-refractivity contribution in [3.63, 3.8) is 0 Å². The SMILES string of the molecule is CCCSC1(CC2=CCC=C2)CC=CC=C1C(C)(C)C. The van der Waals surface area contributed by atoms with Gasteiger partial charge in [-0.25, -0.2) is 0 Å². The molecule has 2 aliphatic carbocycles. The zero-order valence-corrected chi connectivity index (χ0v) is 14.2. The van der Waals surface area contributed by atoms with Gasteiger partial charge in [0.25, 0.3) is 0 Å². The highest BCUT2D eigenvalue weighted by atomic mass is 32.2. The van der Waals surface area contributed by atoms with Crippen LogP contribution in [0.2, 0.25) is 0 Å². The standard InChI is InChI=1S/C19H28S/c1-5-14-20-19(15-16-10-6-7-11-16)13-9-8-12-17(19)18(2,3)4/h6,8-12H,5,7,13-15H2,1-4H3. The van der Waals surface area contributed by atoms with E-state index >= 15 is 0 Å². The molecule has 1 unspecified atom stereocenters. The van der Waals surface area contributed by atoms with Crippen molar-refractivity contribution in [1.29, 1.82) is 0 Å². The van der Waals surface area contributed by atoms with Crippen molar-refractivity contribution in [2.45, 2.75) is 58.1 Å². The van der Waals surface area contributed by atoms with Crippen LogP contribution in [-0.4, -0.2) is 10.5 Å². The second-order valence-electron chi connectivity index (χ2n) is 6.90. The van der Waals surface area contributed by atoms with Crippen molar-refractivity contribution in [1.82, 2.24) is 0 Å². The zero-order chi connectivity index (χ0) is 14.6. The molecular formula is C19H28S. The van der Waals surface area contributed by atoms with Gasteiger partial charge in [-0.05, 0) is 42.4 Å². The summed E-state index contributed by atoms with van der Waals surface area (Å²) < 4.78 is 0.267. The molecule has 2 rings (SSSR count). The topological polar surface area (TPSA) is 0 Å². The first kappa shape index (κ1) is 15.7. The molecule has 110 valence electrons. The van der Waals surface area contributed by atoms with Crippen molar-refractivity contribution in [3.05, 3.63) is 47.6 Å². The van der Waals surface area contributed by atoms with Crippen molar-refractivity contribution < 1.29 is 0 Å². The molecule has 0 spiro atoms. The van der Waals surface area contributed by atoms with Crippen LogP contribution in [0.1, 0.15) is 53.4 Å². The Kier molecular flexibility index (Phi) is 5.01. The average Bonchev–Trinajstić information content (AvgIpc) is 2.88. The third kappa shape index (κ3) is 3.49. The molecule has 1 atom stereocenters. The summed E-state index contributed by atoms with van der Waals surface area (Å²) >= 11 is 2.17. The lowest BCUT2D eigenvalue weighted by molar-refractivity contribution is 0.438. The second-order valence-corrected chi connectivity index (χ2v) is 8.38. The lowest BCUT2D eigenvalue weighted by Gasteiger charge is -2.43. The summed E-state index contributed by atoms with van der Waals surface area (Å²) in [7, 11) is 0. The summed E-state index contributed by atoms with van der Waals surface area (Å²) in [5.41, 5.74) is 3.39. The Morgan fingerprint density at radius 1 is 1.25 bits per heavy atom. The second kappa shape index (κ2) is 6.39. The van der Waals surface area contributed by atoms with E-state index in [-0.39, 0.29) is 10.2 Å². The fraction of sp³-hybridized carbons (Fsp3) is 0.579. The Labute approximate surface area is 129 Å². The molecule has 0 saturated carbocycles. The predicted octanol–water partition coefficient (Wildman–Crippen LogP) is 6.08. The highest BCUT2D eigenvalue weighted by Gasteiger charge is 2.40. The summed E-state index contributed by atoms with van der Waals surface area (Å²) in [5, 5.41) is 0. The summed E-state index contributed by atoms with van der Waals surface area (Å²) in [6.45, 7) is 9.36. The molecule has 0 fully saturated rings. The van der Waals surface area contributed by atoms with E-state index in [0.29, 0.717) is 0 Å². The Morgan fingerprint density at radius 3 is 2.65 bits per heavy atom. The maximum atomic E-state index is 2.40. The Bertz CT molecular complexity index is 457. The molecule has 0 amide bonds. The molecule has 0 bridgehead atoms. The minimum absolute atomic E-state index is 0.244. The van der Waals surface area contributed by atoms with E-state index in [1.807, 2.05) is 0 Å². The van der Waals surface area contributed by atoms with Gasteiger partial charge in [-0.3, -0.25) is 0 Å². The molecular weight excluding hydrogens is 260 g/mol. The van der Waals surface area contributed by atoms with E-state index in [4.69, 9.17) is 0 Å². The number of thioether (sulfide) groups is 1. The van der Waals surface area contributed by atoms with Gasteiger partial charge in [0.15, 0.2) is 0 Å². The molecule has 0 nitrogen and oxygen atoms in total. The number of hydrogen-bond acceptors (Lipinski definition) is 1. The van der Waals surface area contributed by atoms with Crippen LogP contribution in [0.15, 0.2) is 47.6 Å². The molecule has 0 radical (unpaired) electrons. The van der Waals surface area contributed by atoms with Crippen LogP contribution in [0.3, 0.4) is 0 Å². The zero-order valence-electron chi connectivity index (χ0n) is 13.4. The Hall–Kier alpha value is -0.690. The maximum Gasteiger partial charge on any atom is 0.0450 e. The van der Waals surface area contributed by atoms with Gasteiger partial charge in [0.05, 0.1) is 0 Å². The lowest BCUT2D eigenvalue weighted by atomic mass is 9.72. The van der Waals surface area contributed by atoms with Gasteiger partial charge >= 0.3 is 0 Å². The fourth-order valence-electron chi connectivity index (χ4n) is 3.24. The van der Waals surface area contributed by atoms with Crippen LogP contribution in [0.5, 0.6) is 0 Å². The van der Waals surface area contributed by atoms with Gasteiger partial charge in [-0.15, -0.1) is 0 Å². The van der Waals surface area contributed by atoms with E-state index in [2.05, 4.69) is 75.9 Å². The highest BCUT2D eigenvalue weighted by molar-refractivity contribution is 8.00. The Morgan fingerprint density at radius 2 is 2.05 bits per heavy atom. The molecule has 0 aromatic rings.